The van der Waals surface area contributed by atoms with Gasteiger partial charge in [0.25, 0.3) is 5.91 Å². The number of nitrogens with zero attached hydrogens (tertiary/aromatic N) is 2. The predicted octanol–water partition coefficient (Wildman–Crippen LogP) is 2.91. The van der Waals surface area contributed by atoms with Crippen LogP contribution in [0.1, 0.15) is 22.8 Å². The highest BCUT2D eigenvalue weighted by Crippen LogP contribution is 2.29. The second kappa shape index (κ2) is 6.72. The van der Waals surface area contributed by atoms with Crippen LogP contribution < -0.4 is 9.75 Å². The van der Waals surface area contributed by atoms with Crippen molar-refractivity contribution in [3.05, 3.63) is 59.2 Å². The molecule has 1 amide bonds. The van der Waals surface area contributed by atoms with Gasteiger partial charge in [0, 0.05) is 0 Å². The van der Waals surface area contributed by atoms with Crippen molar-refractivity contribution in [2.24, 2.45) is 5.10 Å². The lowest BCUT2D eigenvalue weighted by Gasteiger charge is -2.13. The van der Waals surface area contributed by atoms with Crippen molar-refractivity contribution in [2.75, 3.05) is 12.1 Å². The maximum Gasteiger partial charge on any atom is 0.339 e. The van der Waals surface area contributed by atoms with Gasteiger partial charge in [0.05, 0.1) is 24.1 Å². The van der Waals surface area contributed by atoms with Crippen LogP contribution in [-0.4, -0.2) is 34.9 Å². The fourth-order valence-corrected chi connectivity index (χ4v) is 2.55. The molecule has 7 heteroatoms. The lowest BCUT2D eigenvalue weighted by molar-refractivity contribution is -0.114. The SMILES string of the molecule is COc1ccc(/C=C2\C(=O)N(c3ccc(O)c(C(=O)O)c3)N=C2C)cc1. The molecule has 7 nitrogen and oxygen atoms in total. The van der Waals surface area contributed by atoms with Crippen LogP contribution in [-0.2, 0) is 4.79 Å². The van der Waals surface area contributed by atoms with Gasteiger partial charge < -0.3 is 14.9 Å². The van der Waals surface area contributed by atoms with Crippen LogP contribution in [0.2, 0.25) is 0 Å². The number of ether oxygens (including phenoxy) is 1. The van der Waals surface area contributed by atoms with E-state index in [-0.39, 0.29) is 22.9 Å². The molecule has 0 aromatic heterocycles. The first-order chi connectivity index (χ1) is 12.4. The Hall–Kier alpha value is -3.61. The molecule has 1 aliphatic heterocycles. The van der Waals surface area contributed by atoms with Crippen LogP contribution in [0.5, 0.6) is 11.5 Å². The first kappa shape index (κ1) is 17.2. The summed E-state index contributed by atoms with van der Waals surface area (Å²) in [6, 6.07) is 11.1. The number of carboxylic acid groups (broad SMARTS) is 1. The highest BCUT2D eigenvalue weighted by molar-refractivity contribution is 6.32. The summed E-state index contributed by atoms with van der Waals surface area (Å²) >= 11 is 0. The molecule has 0 unspecified atom stereocenters. The molecule has 3 rings (SSSR count). The summed E-state index contributed by atoms with van der Waals surface area (Å²) in [5.41, 5.74) is 1.69. The minimum absolute atomic E-state index is 0.266. The number of rotatable bonds is 4. The lowest BCUT2D eigenvalue weighted by atomic mass is 10.1. The highest BCUT2D eigenvalue weighted by Gasteiger charge is 2.29. The van der Waals surface area contributed by atoms with Gasteiger partial charge in [-0.1, -0.05) is 12.1 Å². The van der Waals surface area contributed by atoms with Crippen LogP contribution in [0.4, 0.5) is 5.69 Å². The number of carbonyl (C=O) groups is 2. The van der Waals surface area contributed by atoms with Crippen molar-refractivity contribution < 1.29 is 24.5 Å². The molecule has 0 radical (unpaired) electrons. The number of hydrogen-bond donors (Lipinski definition) is 2. The van der Waals surface area contributed by atoms with E-state index in [0.717, 1.165) is 10.6 Å². The fourth-order valence-electron chi connectivity index (χ4n) is 2.55. The Balaban J connectivity index is 1.94. The average molecular weight is 352 g/mol. The van der Waals surface area contributed by atoms with Crippen molar-refractivity contribution >= 4 is 29.4 Å². The normalized spacial score (nSPS) is 15.3. The van der Waals surface area contributed by atoms with E-state index < -0.39 is 5.97 Å². The van der Waals surface area contributed by atoms with Crippen molar-refractivity contribution in [1.29, 1.82) is 0 Å². The number of carbonyl (C=O) groups excluding carboxylic acids is 1. The van der Waals surface area contributed by atoms with E-state index in [1.165, 1.54) is 18.2 Å². The minimum atomic E-state index is -1.29. The van der Waals surface area contributed by atoms with Gasteiger partial charge in [0.1, 0.15) is 17.1 Å². The van der Waals surface area contributed by atoms with E-state index >= 15 is 0 Å². The highest BCUT2D eigenvalue weighted by atomic mass is 16.5. The lowest BCUT2D eigenvalue weighted by Crippen LogP contribution is -2.21. The first-order valence-electron chi connectivity index (χ1n) is 7.73. The maximum absolute atomic E-state index is 12.7. The van der Waals surface area contributed by atoms with E-state index in [0.29, 0.717) is 17.0 Å². The Morgan fingerprint density at radius 3 is 2.50 bits per heavy atom. The molecule has 132 valence electrons. The first-order valence-corrected chi connectivity index (χ1v) is 7.73. The molecule has 0 aliphatic carbocycles. The second-order valence-corrected chi connectivity index (χ2v) is 5.64. The van der Waals surface area contributed by atoms with Gasteiger partial charge in [-0.25, -0.2) is 4.79 Å². The Morgan fingerprint density at radius 2 is 1.88 bits per heavy atom. The summed E-state index contributed by atoms with van der Waals surface area (Å²) < 4.78 is 5.11. The largest absolute Gasteiger partial charge is 0.507 e. The van der Waals surface area contributed by atoms with E-state index in [9.17, 15) is 14.7 Å². The number of amides is 1. The molecule has 1 heterocycles. The molecule has 0 fully saturated rings. The van der Waals surface area contributed by atoms with E-state index in [1.807, 2.05) is 12.1 Å². The molecule has 2 N–H and O–H groups in total. The number of phenols is 1. The molecule has 0 bridgehead atoms. The van der Waals surface area contributed by atoms with E-state index in [1.54, 1.807) is 32.2 Å². The molecule has 2 aromatic carbocycles. The van der Waals surface area contributed by atoms with Gasteiger partial charge >= 0.3 is 5.97 Å². The van der Waals surface area contributed by atoms with Gasteiger partial charge in [-0.05, 0) is 48.9 Å². The number of hydrogen-bond acceptors (Lipinski definition) is 5. The summed E-state index contributed by atoms with van der Waals surface area (Å²) in [5, 5.41) is 24.1. The monoisotopic (exact) mass is 352 g/mol. The number of carboxylic acids is 1. The van der Waals surface area contributed by atoms with Crippen LogP contribution in [0.25, 0.3) is 6.08 Å². The third-order valence-corrected chi connectivity index (χ3v) is 3.94. The molecular weight excluding hydrogens is 336 g/mol. The van der Waals surface area contributed by atoms with Crippen molar-refractivity contribution in [3.63, 3.8) is 0 Å². The molecule has 1 aliphatic rings. The third kappa shape index (κ3) is 3.14. The molecule has 0 saturated heterocycles. The molecule has 2 aromatic rings. The van der Waals surface area contributed by atoms with Crippen LogP contribution in [0.3, 0.4) is 0 Å². The number of benzene rings is 2. The predicted molar refractivity (Wildman–Crippen MR) is 96.6 cm³/mol. The quantitative estimate of drug-likeness (QED) is 0.824. The smallest absolute Gasteiger partial charge is 0.339 e. The van der Waals surface area contributed by atoms with E-state index in [2.05, 4.69) is 5.10 Å². The molecular formula is C19H16N2O5. The number of anilines is 1. The number of hydrazone groups is 1. The van der Waals surface area contributed by atoms with Crippen molar-refractivity contribution in [2.45, 2.75) is 6.92 Å². The van der Waals surface area contributed by atoms with Crippen molar-refractivity contribution in [1.82, 2.24) is 0 Å². The summed E-state index contributed by atoms with van der Waals surface area (Å²) in [6.07, 6.45) is 1.71. The summed E-state index contributed by atoms with van der Waals surface area (Å²) in [4.78, 5) is 23.9. The zero-order valence-electron chi connectivity index (χ0n) is 14.1. The van der Waals surface area contributed by atoms with Crippen molar-refractivity contribution in [3.8, 4) is 11.5 Å². The van der Waals surface area contributed by atoms with Crippen LogP contribution >= 0.6 is 0 Å². The van der Waals surface area contributed by atoms with E-state index in [4.69, 9.17) is 9.84 Å². The number of methoxy groups -OCH3 is 1. The number of aromatic carboxylic acids is 1. The topological polar surface area (TPSA) is 99.4 Å². The minimum Gasteiger partial charge on any atom is -0.507 e. The molecule has 0 atom stereocenters. The van der Waals surface area contributed by atoms with Gasteiger partial charge in [-0.2, -0.15) is 10.1 Å². The average Bonchev–Trinajstić information content (AvgIpc) is 2.91. The molecule has 0 spiro atoms. The maximum atomic E-state index is 12.7. The zero-order valence-corrected chi connectivity index (χ0v) is 14.1. The van der Waals surface area contributed by atoms with Crippen LogP contribution in [0.15, 0.2) is 53.1 Å². The standard InChI is InChI=1S/C19H16N2O5/c1-11-15(9-12-3-6-14(26-2)7-4-12)18(23)21(20-11)13-5-8-17(22)16(10-13)19(24)25/h3-10,22H,1-2H3,(H,24,25)/b15-9-. The third-order valence-electron chi connectivity index (χ3n) is 3.94. The summed E-state index contributed by atoms with van der Waals surface area (Å²) in [5.74, 6) is -1.32. The summed E-state index contributed by atoms with van der Waals surface area (Å²) in [6.45, 7) is 1.70. The van der Waals surface area contributed by atoms with Gasteiger partial charge in [0.15, 0.2) is 0 Å². The number of aromatic hydroxyl groups is 1. The zero-order chi connectivity index (χ0) is 18.8. The van der Waals surface area contributed by atoms with Gasteiger partial charge in [-0.3, -0.25) is 4.79 Å². The van der Waals surface area contributed by atoms with Gasteiger partial charge in [0.2, 0.25) is 0 Å². The fraction of sp³-hybridized carbons (Fsp3) is 0.105. The molecule has 0 saturated carbocycles. The Kier molecular flexibility index (Phi) is 4.45. The Morgan fingerprint density at radius 1 is 1.19 bits per heavy atom. The Labute approximate surface area is 149 Å². The second-order valence-electron chi connectivity index (χ2n) is 5.64. The molecule has 26 heavy (non-hydrogen) atoms. The van der Waals surface area contributed by atoms with Gasteiger partial charge in [-0.15, -0.1) is 0 Å². The Bertz CT molecular complexity index is 945. The summed E-state index contributed by atoms with van der Waals surface area (Å²) in [7, 11) is 1.58. The van der Waals surface area contributed by atoms with Crippen LogP contribution in [0, 0.1) is 0 Å².